The third-order valence-electron chi connectivity index (χ3n) is 3.48. The van der Waals surface area contributed by atoms with Crippen LogP contribution in [0.5, 0.6) is 5.75 Å². The number of piperazine rings is 1. The SMILES string of the molecule is CCCOc1ccc(C(=O)N2CC[NH+](C)CC2)cc1. The Hall–Kier alpha value is -1.55. The fourth-order valence-electron chi connectivity index (χ4n) is 2.19. The van der Waals surface area contributed by atoms with E-state index in [9.17, 15) is 4.79 Å². The molecule has 0 radical (unpaired) electrons. The van der Waals surface area contributed by atoms with Crippen molar-refractivity contribution in [3.63, 3.8) is 0 Å². The van der Waals surface area contributed by atoms with E-state index >= 15 is 0 Å². The molecular formula is C15H23N2O2+. The number of benzene rings is 1. The number of quaternary nitrogens is 1. The number of amides is 1. The van der Waals surface area contributed by atoms with Crippen molar-refractivity contribution in [2.24, 2.45) is 0 Å². The molecule has 0 spiro atoms. The molecule has 1 aliphatic rings. The number of rotatable bonds is 4. The van der Waals surface area contributed by atoms with Gasteiger partial charge in [0.25, 0.3) is 5.91 Å². The molecule has 1 heterocycles. The van der Waals surface area contributed by atoms with Gasteiger partial charge in [0.2, 0.25) is 0 Å². The summed E-state index contributed by atoms with van der Waals surface area (Å²) in [7, 11) is 2.17. The molecule has 1 aliphatic heterocycles. The molecule has 0 unspecified atom stereocenters. The van der Waals surface area contributed by atoms with Gasteiger partial charge in [-0.15, -0.1) is 0 Å². The van der Waals surface area contributed by atoms with Crippen molar-refractivity contribution in [2.75, 3.05) is 39.8 Å². The van der Waals surface area contributed by atoms with Crippen LogP contribution in [0.15, 0.2) is 24.3 Å². The molecule has 0 atom stereocenters. The standard InChI is InChI=1S/C15H22N2O2/c1-3-12-19-14-6-4-13(5-7-14)15(18)17-10-8-16(2)9-11-17/h4-7H,3,8-12H2,1-2H3/p+1. The molecule has 1 amide bonds. The lowest BCUT2D eigenvalue weighted by Crippen LogP contribution is -3.12. The summed E-state index contributed by atoms with van der Waals surface area (Å²) in [6.07, 6.45) is 0.990. The zero-order chi connectivity index (χ0) is 13.7. The minimum absolute atomic E-state index is 0.134. The fourth-order valence-corrected chi connectivity index (χ4v) is 2.19. The summed E-state index contributed by atoms with van der Waals surface area (Å²) in [6, 6.07) is 7.48. The average Bonchev–Trinajstić information content (AvgIpc) is 2.46. The van der Waals surface area contributed by atoms with Gasteiger partial charge < -0.3 is 14.5 Å². The first kappa shape index (κ1) is 13.9. The highest BCUT2D eigenvalue weighted by molar-refractivity contribution is 5.94. The monoisotopic (exact) mass is 263 g/mol. The molecule has 4 nitrogen and oxygen atoms in total. The first-order chi connectivity index (χ1) is 9.20. The number of nitrogens with one attached hydrogen (secondary N) is 1. The van der Waals surface area contributed by atoms with Gasteiger partial charge in [-0.1, -0.05) is 6.92 Å². The predicted molar refractivity (Wildman–Crippen MR) is 74.8 cm³/mol. The summed E-state index contributed by atoms with van der Waals surface area (Å²) in [5.74, 6) is 0.968. The van der Waals surface area contributed by atoms with Crippen LogP contribution >= 0.6 is 0 Å². The molecule has 1 N–H and O–H groups in total. The highest BCUT2D eigenvalue weighted by Gasteiger charge is 2.22. The van der Waals surface area contributed by atoms with Crippen LogP contribution in [0, 0.1) is 0 Å². The maximum absolute atomic E-state index is 12.3. The van der Waals surface area contributed by atoms with Crippen LogP contribution in [-0.2, 0) is 0 Å². The van der Waals surface area contributed by atoms with Crippen LogP contribution < -0.4 is 9.64 Å². The summed E-state index contributed by atoms with van der Waals surface area (Å²) in [5.41, 5.74) is 0.753. The lowest BCUT2D eigenvalue weighted by atomic mass is 10.1. The smallest absolute Gasteiger partial charge is 0.254 e. The molecule has 0 aliphatic carbocycles. The Balaban J connectivity index is 1.95. The van der Waals surface area contributed by atoms with E-state index < -0.39 is 0 Å². The Kier molecular flexibility index (Phi) is 4.80. The van der Waals surface area contributed by atoms with Gasteiger partial charge in [0.15, 0.2) is 0 Å². The number of ether oxygens (including phenoxy) is 1. The van der Waals surface area contributed by atoms with Crippen molar-refractivity contribution >= 4 is 5.91 Å². The van der Waals surface area contributed by atoms with Gasteiger partial charge in [-0.25, -0.2) is 0 Å². The van der Waals surface area contributed by atoms with Crippen LogP contribution in [0.3, 0.4) is 0 Å². The third kappa shape index (κ3) is 3.70. The van der Waals surface area contributed by atoms with Crippen LogP contribution in [0.25, 0.3) is 0 Å². The Morgan fingerprint density at radius 1 is 1.26 bits per heavy atom. The quantitative estimate of drug-likeness (QED) is 0.855. The van der Waals surface area contributed by atoms with E-state index in [1.165, 1.54) is 4.90 Å². The van der Waals surface area contributed by atoms with Crippen molar-refractivity contribution in [3.05, 3.63) is 29.8 Å². The second kappa shape index (κ2) is 6.57. The largest absolute Gasteiger partial charge is 0.494 e. The van der Waals surface area contributed by atoms with Crippen LogP contribution in [0.4, 0.5) is 0 Å². The third-order valence-corrected chi connectivity index (χ3v) is 3.48. The Morgan fingerprint density at radius 2 is 1.89 bits per heavy atom. The number of hydrogen-bond donors (Lipinski definition) is 1. The molecule has 0 saturated carbocycles. The topological polar surface area (TPSA) is 34.0 Å². The number of nitrogens with zero attached hydrogens (tertiary/aromatic N) is 1. The number of carbonyl (C=O) groups is 1. The first-order valence-electron chi connectivity index (χ1n) is 7.04. The molecule has 1 aromatic rings. The molecule has 1 saturated heterocycles. The summed E-state index contributed by atoms with van der Waals surface area (Å²) >= 11 is 0. The highest BCUT2D eigenvalue weighted by Crippen LogP contribution is 2.14. The Bertz CT molecular complexity index is 409. The van der Waals surface area contributed by atoms with Crippen molar-refractivity contribution in [1.29, 1.82) is 0 Å². The second-order valence-corrected chi connectivity index (χ2v) is 5.12. The summed E-state index contributed by atoms with van der Waals surface area (Å²) in [4.78, 5) is 15.7. The number of carbonyl (C=O) groups excluding carboxylic acids is 1. The lowest BCUT2D eigenvalue weighted by Gasteiger charge is -2.30. The molecule has 104 valence electrons. The Morgan fingerprint density at radius 3 is 2.47 bits per heavy atom. The maximum Gasteiger partial charge on any atom is 0.254 e. The van der Waals surface area contributed by atoms with E-state index in [0.717, 1.165) is 43.9 Å². The molecule has 0 aromatic heterocycles. The number of likely N-dealkylation sites (N-methyl/N-ethyl adjacent to an activating group) is 1. The average molecular weight is 263 g/mol. The molecule has 1 aromatic carbocycles. The van der Waals surface area contributed by atoms with Crippen molar-refractivity contribution < 1.29 is 14.4 Å². The molecule has 0 bridgehead atoms. The van der Waals surface area contributed by atoms with Crippen molar-refractivity contribution in [1.82, 2.24) is 4.90 Å². The maximum atomic E-state index is 12.3. The first-order valence-corrected chi connectivity index (χ1v) is 7.04. The van der Waals surface area contributed by atoms with Gasteiger partial charge in [0, 0.05) is 5.56 Å². The second-order valence-electron chi connectivity index (χ2n) is 5.12. The van der Waals surface area contributed by atoms with Gasteiger partial charge in [-0.2, -0.15) is 0 Å². The zero-order valence-corrected chi connectivity index (χ0v) is 11.8. The van der Waals surface area contributed by atoms with E-state index in [1.807, 2.05) is 29.2 Å². The fraction of sp³-hybridized carbons (Fsp3) is 0.533. The van der Waals surface area contributed by atoms with Gasteiger partial charge in [0.1, 0.15) is 5.75 Å². The molecular weight excluding hydrogens is 240 g/mol. The molecule has 4 heteroatoms. The van der Waals surface area contributed by atoms with Gasteiger partial charge in [-0.3, -0.25) is 4.79 Å². The zero-order valence-electron chi connectivity index (χ0n) is 11.8. The predicted octanol–water partition coefficient (Wildman–Crippen LogP) is 0.446. The van der Waals surface area contributed by atoms with Gasteiger partial charge in [-0.05, 0) is 30.7 Å². The Labute approximate surface area is 115 Å². The van der Waals surface area contributed by atoms with Crippen LogP contribution in [0.2, 0.25) is 0 Å². The van der Waals surface area contributed by atoms with E-state index in [-0.39, 0.29) is 5.91 Å². The number of hydrogen-bond acceptors (Lipinski definition) is 2. The lowest BCUT2D eigenvalue weighted by molar-refractivity contribution is -0.883. The summed E-state index contributed by atoms with van der Waals surface area (Å²) in [5, 5.41) is 0. The van der Waals surface area contributed by atoms with Crippen molar-refractivity contribution in [3.8, 4) is 5.75 Å². The summed E-state index contributed by atoms with van der Waals surface area (Å²) < 4.78 is 5.52. The van der Waals surface area contributed by atoms with E-state index in [0.29, 0.717) is 6.61 Å². The minimum atomic E-state index is 0.134. The van der Waals surface area contributed by atoms with Gasteiger partial charge in [0.05, 0.1) is 39.8 Å². The van der Waals surface area contributed by atoms with Gasteiger partial charge >= 0.3 is 0 Å². The molecule has 2 rings (SSSR count). The normalized spacial score (nSPS) is 16.4. The van der Waals surface area contributed by atoms with E-state index in [1.54, 1.807) is 0 Å². The van der Waals surface area contributed by atoms with E-state index in [4.69, 9.17) is 4.74 Å². The minimum Gasteiger partial charge on any atom is -0.494 e. The highest BCUT2D eigenvalue weighted by atomic mass is 16.5. The molecule has 1 fully saturated rings. The van der Waals surface area contributed by atoms with E-state index in [2.05, 4.69) is 14.0 Å². The summed E-state index contributed by atoms with van der Waals surface area (Å²) in [6.45, 7) is 6.55. The molecule has 19 heavy (non-hydrogen) atoms. The van der Waals surface area contributed by atoms with Crippen LogP contribution in [-0.4, -0.2) is 50.6 Å². The van der Waals surface area contributed by atoms with Crippen LogP contribution in [0.1, 0.15) is 23.7 Å². The van der Waals surface area contributed by atoms with Crippen molar-refractivity contribution in [2.45, 2.75) is 13.3 Å².